The van der Waals surface area contributed by atoms with Crippen molar-refractivity contribution in [3.63, 3.8) is 0 Å². The number of aliphatic hydroxyl groups is 2. The molecule has 0 radical (unpaired) electrons. The highest BCUT2D eigenvalue weighted by Crippen LogP contribution is 2.28. The molecule has 1 aromatic heterocycles. The van der Waals surface area contributed by atoms with E-state index in [0.29, 0.717) is 5.56 Å². The van der Waals surface area contributed by atoms with Crippen LogP contribution in [-0.2, 0) is 4.79 Å². The standard InChI is InChI=1S/C22H23F3N8O4/c23-15-9-33(20(36)16(35)10-34)4-3-18(15)37-17-2-1-12(5-13(17)6-26)19-29-11-30-22(32-19)31-14(7-27)8-28-21(24)25/h1-2,5,7-8,11,15-16,18,21,34-35H,3-4,9-10,27H2,(H,29,30,31,32)/t15-,16+,18+/m1/s1. The maximum Gasteiger partial charge on any atom is 0.331 e. The molecular weight excluding hydrogens is 497 g/mol. The molecule has 2 aromatic rings. The number of nitriles is 1. The first-order valence-electron chi connectivity index (χ1n) is 10.9. The van der Waals surface area contributed by atoms with Crippen LogP contribution in [0.3, 0.4) is 0 Å². The summed E-state index contributed by atoms with van der Waals surface area (Å²) < 4.78 is 45.0. The fourth-order valence-corrected chi connectivity index (χ4v) is 3.41. The first kappa shape index (κ1) is 27.3. The number of hydrogen-bond donors (Lipinski definition) is 4. The molecule has 1 aromatic carbocycles. The Morgan fingerprint density at radius 3 is 2.86 bits per heavy atom. The molecule has 0 aliphatic carbocycles. The van der Waals surface area contributed by atoms with Gasteiger partial charge in [0.15, 0.2) is 18.1 Å². The Bertz CT molecular complexity index is 1210. The normalized spacial score (nSPS) is 19.1. The Morgan fingerprint density at radius 2 is 2.22 bits per heavy atom. The number of carbonyl (C=O) groups is 1. The Hall–Kier alpha value is -4.29. The lowest BCUT2D eigenvalue weighted by Crippen LogP contribution is -2.52. The molecule has 15 heteroatoms. The van der Waals surface area contributed by atoms with E-state index in [1.54, 1.807) is 0 Å². The van der Waals surface area contributed by atoms with Crippen molar-refractivity contribution in [1.29, 1.82) is 5.26 Å². The van der Waals surface area contributed by atoms with Crippen LogP contribution in [0.15, 0.2) is 41.4 Å². The van der Waals surface area contributed by atoms with Gasteiger partial charge in [-0.3, -0.25) is 4.79 Å². The monoisotopic (exact) mass is 520 g/mol. The Morgan fingerprint density at radius 1 is 1.43 bits per heavy atom. The minimum Gasteiger partial charge on any atom is -0.486 e. The second-order valence-corrected chi connectivity index (χ2v) is 7.70. The molecule has 1 aliphatic heterocycles. The zero-order valence-corrected chi connectivity index (χ0v) is 19.2. The molecule has 0 unspecified atom stereocenters. The van der Waals surface area contributed by atoms with Crippen molar-refractivity contribution < 1.29 is 32.9 Å². The molecule has 196 valence electrons. The SMILES string of the molecule is N#Cc1cc(-c2ncnc(NC(C=NC(F)F)=CN)n2)ccc1O[C@H]1CCN(C(=O)[C@@H](O)CO)C[C@H]1F. The van der Waals surface area contributed by atoms with Gasteiger partial charge in [-0.25, -0.2) is 19.4 Å². The number of aliphatic hydroxyl groups excluding tert-OH is 2. The van der Waals surface area contributed by atoms with Gasteiger partial charge in [-0.2, -0.15) is 19.0 Å². The van der Waals surface area contributed by atoms with E-state index in [-0.39, 0.29) is 48.3 Å². The molecular formula is C22H23F3N8O4. The molecule has 0 spiro atoms. The molecule has 0 saturated carbocycles. The number of nitrogens with zero attached hydrogens (tertiary/aromatic N) is 6. The van der Waals surface area contributed by atoms with Crippen molar-refractivity contribution in [2.24, 2.45) is 10.7 Å². The third-order valence-corrected chi connectivity index (χ3v) is 5.22. The maximum atomic E-state index is 14.7. The summed E-state index contributed by atoms with van der Waals surface area (Å²) in [4.78, 5) is 28.1. The molecule has 12 nitrogen and oxygen atoms in total. The Labute approximate surface area is 208 Å². The van der Waals surface area contributed by atoms with Gasteiger partial charge in [0, 0.05) is 24.7 Å². The molecule has 1 fully saturated rings. The molecule has 5 N–H and O–H groups in total. The highest BCUT2D eigenvalue weighted by molar-refractivity contribution is 5.82. The summed E-state index contributed by atoms with van der Waals surface area (Å²) in [6, 6.07) is 6.38. The van der Waals surface area contributed by atoms with Crippen molar-refractivity contribution in [3.05, 3.63) is 42.0 Å². The quantitative estimate of drug-likeness (QED) is 0.270. The molecule has 3 atom stereocenters. The zero-order valence-electron chi connectivity index (χ0n) is 19.2. The van der Waals surface area contributed by atoms with Crippen molar-refractivity contribution in [2.45, 2.75) is 31.3 Å². The van der Waals surface area contributed by atoms with E-state index in [2.05, 4.69) is 25.3 Å². The van der Waals surface area contributed by atoms with E-state index in [9.17, 15) is 28.3 Å². The van der Waals surface area contributed by atoms with Crippen LogP contribution in [0.5, 0.6) is 5.75 Å². The predicted octanol–water partition coefficient (Wildman–Crippen LogP) is 0.587. The number of aliphatic imine (C=N–C) groups is 1. The minimum atomic E-state index is -2.92. The topological polar surface area (TPSA) is 183 Å². The number of ether oxygens (including phenoxy) is 1. The number of anilines is 1. The molecule has 0 bridgehead atoms. The van der Waals surface area contributed by atoms with Crippen LogP contribution in [0.2, 0.25) is 0 Å². The summed E-state index contributed by atoms with van der Waals surface area (Å²) in [5.74, 6) is -0.542. The lowest BCUT2D eigenvalue weighted by molar-refractivity contribution is -0.146. The van der Waals surface area contributed by atoms with Crippen LogP contribution in [0.1, 0.15) is 12.0 Å². The molecule has 1 saturated heterocycles. The van der Waals surface area contributed by atoms with E-state index < -0.39 is 37.4 Å². The molecule has 1 amide bonds. The first-order chi connectivity index (χ1) is 17.7. The number of hydrogen-bond acceptors (Lipinski definition) is 11. The minimum absolute atomic E-state index is 0.0123. The summed E-state index contributed by atoms with van der Waals surface area (Å²) >= 11 is 0. The van der Waals surface area contributed by atoms with Crippen LogP contribution < -0.4 is 15.8 Å². The fraction of sp³-hybridized carbons (Fsp3) is 0.364. The van der Waals surface area contributed by atoms with Crippen LogP contribution in [0, 0.1) is 11.3 Å². The first-order valence-corrected chi connectivity index (χ1v) is 10.9. The van der Waals surface area contributed by atoms with Gasteiger partial charge < -0.3 is 30.9 Å². The van der Waals surface area contributed by atoms with Gasteiger partial charge >= 0.3 is 6.55 Å². The van der Waals surface area contributed by atoms with Gasteiger partial charge in [-0.15, -0.1) is 0 Å². The number of rotatable bonds is 9. The van der Waals surface area contributed by atoms with E-state index in [1.165, 1.54) is 18.2 Å². The van der Waals surface area contributed by atoms with Crippen molar-refractivity contribution in [2.75, 3.05) is 25.0 Å². The molecule has 2 heterocycles. The summed E-state index contributed by atoms with van der Waals surface area (Å²) in [5, 5.41) is 30.6. The average molecular weight is 520 g/mol. The maximum absolute atomic E-state index is 14.7. The molecule has 37 heavy (non-hydrogen) atoms. The highest BCUT2D eigenvalue weighted by atomic mass is 19.3. The van der Waals surface area contributed by atoms with Crippen molar-refractivity contribution in [1.82, 2.24) is 19.9 Å². The van der Waals surface area contributed by atoms with Gasteiger partial charge in [0.2, 0.25) is 5.95 Å². The van der Waals surface area contributed by atoms with Crippen molar-refractivity contribution in [3.8, 4) is 23.2 Å². The van der Waals surface area contributed by atoms with Crippen LogP contribution in [-0.4, -0.2) is 86.8 Å². The summed E-state index contributed by atoms with van der Waals surface area (Å²) in [6.45, 7) is -3.91. The second kappa shape index (κ2) is 12.6. The third kappa shape index (κ3) is 7.12. The number of carbonyl (C=O) groups excluding carboxylic acids is 1. The second-order valence-electron chi connectivity index (χ2n) is 7.70. The number of halogens is 3. The molecule has 3 rings (SSSR count). The largest absolute Gasteiger partial charge is 0.486 e. The predicted molar refractivity (Wildman–Crippen MR) is 124 cm³/mol. The van der Waals surface area contributed by atoms with Crippen LogP contribution in [0.4, 0.5) is 19.1 Å². The Kier molecular flexibility index (Phi) is 9.30. The number of nitrogens with two attached hydrogens (primary N) is 1. The van der Waals surface area contributed by atoms with Gasteiger partial charge in [-0.05, 0) is 18.2 Å². The Balaban J connectivity index is 1.73. The van der Waals surface area contributed by atoms with E-state index in [4.69, 9.17) is 15.6 Å². The highest BCUT2D eigenvalue weighted by Gasteiger charge is 2.35. The van der Waals surface area contributed by atoms with Gasteiger partial charge in [0.25, 0.3) is 5.91 Å². The van der Waals surface area contributed by atoms with Crippen LogP contribution in [0.25, 0.3) is 11.4 Å². The number of benzene rings is 1. The number of aromatic nitrogens is 3. The van der Waals surface area contributed by atoms with Crippen molar-refractivity contribution >= 4 is 18.1 Å². The number of allylic oxidation sites excluding steroid dienone is 1. The van der Waals surface area contributed by atoms with Gasteiger partial charge in [0.1, 0.15) is 24.3 Å². The summed E-state index contributed by atoms with van der Waals surface area (Å²) in [5.41, 5.74) is 5.86. The number of likely N-dealkylation sites (tertiary alicyclic amines) is 1. The van der Waals surface area contributed by atoms with E-state index in [1.807, 2.05) is 6.07 Å². The van der Waals surface area contributed by atoms with Crippen LogP contribution >= 0.6 is 0 Å². The third-order valence-electron chi connectivity index (χ3n) is 5.22. The summed E-state index contributed by atoms with van der Waals surface area (Å²) in [6.07, 6.45) is -1.06. The number of nitrogens with one attached hydrogen (secondary N) is 1. The lowest BCUT2D eigenvalue weighted by Gasteiger charge is -2.35. The zero-order chi connectivity index (χ0) is 26.9. The average Bonchev–Trinajstić information content (AvgIpc) is 2.91. The smallest absolute Gasteiger partial charge is 0.331 e. The number of amides is 1. The fourth-order valence-electron chi connectivity index (χ4n) is 3.41. The van der Waals surface area contributed by atoms with E-state index >= 15 is 0 Å². The summed E-state index contributed by atoms with van der Waals surface area (Å²) in [7, 11) is 0. The van der Waals surface area contributed by atoms with Gasteiger partial charge in [-0.1, -0.05) is 0 Å². The number of alkyl halides is 3. The lowest BCUT2D eigenvalue weighted by atomic mass is 10.0. The van der Waals surface area contributed by atoms with E-state index in [0.717, 1.165) is 23.6 Å². The van der Waals surface area contributed by atoms with Gasteiger partial charge in [0.05, 0.1) is 30.6 Å². The number of piperidine rings is 1. The molecule has 1 aliphatic rings.